The van der Waals surface area contributed by atoms with Gasteiger partial charge in [-0.1, -0.05) is 18.2 Å². The first-order valence-corrected chi connectivity index (χ1v) is 5.83. The molecule has 0 aliphatic rings. The second-order valence-electron chi connectivity index (χ2n) is 3.97. The number of hydrogen-bond acceptors (Lipinski definition) is 4. The number of pyridine rings is 1. The first-order valence-electron chi connectivity index (χ1n) is 5.83. The van der Waals surface area contributed by atoms with Gasteiger partial charge < -0.3 is 10.5 Å². The maximum absolute atomic E-state index is 11.9. The monoisotopic (exact) mass is 257 g/mol. The minimum absolute atomic E-state index is 0.0821. The van der Waals surface area contributed by atoms with Crippen molar-refractivity contribution >= 4 is 17.4 Å². The molecule has 2 aromatic rings. The quantitative estimate of drug-likeness (QED) is 0.846. The van der Waals surface area contributed by atoms with E-state index < -0.39 is 0 Å². The molecule has 0 spiro atoms. The van der Waals surface area contributed by atoms with Crippen molar-refractivity contribution in [2.75, 3.05) is 24.3 Å². The first kappa shape index (κ1) is 12.9. The number of likely N-dealkylation sites (N-methyl/N-ethyl adjacent to an activating group) is 1. The van der Waals surface area contributed by atoms with E-state index in [9.17, 15) is 4.79 Å². The van der Waals surface area contributed by atoms with Gasteiger partial charge in [0, 0.05) is 13.2 Å². The summed E-state index contributed by atoms with van der Waals surface area (Å²) in [5.74, 6) is 0.893. The normalized spacial score (nSPS) is 9.95. The van der Waals surface area contributed by atoms with Crippen LogP contribution in [0.25, 0.3) is 0 Å². The smallest absolute Gasteiger partial charge is 0.265 e. The highest BCUT2D eigenvalue weighted by Crippen LogP contribution is 2.19. The summed E-state index contributed by atoms with van der Waals surface area (Å²) >= 11 is 0. The molecule has 0 aliphatic carbocycles. The van der Waals surface area contributed by atoms with E-state index in [2.05, 4.69) is 4.98 Å². The number of carbonyl (C=O) groups is 1. The molecule has 0 saturated heterocycles. The molecule has 5 nitrogen and oxygen atoms in total. The van der Waals surface area contributed by atoms with E-state index in [0.29, 0.717) is 17.3 Å². The predicted molar refractivity (Wildman–Crippen MR) is 74.0 cm³/mol. The molecule has 0 unspecified atom stereocenters. The minimum atomic E-state index is -0.193. The van der Waals surface area contributed by atoms with Crippen LogP contribution in [0.3, 0.4) is 0 Å². The van der Waals surface area contributed by atoms with Crippen LogP contribution in [0.4, 0.5) is 11.5 Å². The van der Waals surface area contributed by atoms with E-state index >= 15 is 0 Å². The number of amides is 1. The number of para-hydroxylation sites is 2. The Hall–Kier alpha value is -2.56. The van der Waals surface area contributed by atoms with Crippen LogP contribution < -0.4 is 15.4 Å². The predicted octanol–water partition coefficient (Wildman–Crippen LogP) is 1.71. The van der Waals surface area contributed by atoms with Gasteiger partial charge in [-0.2, -0.15) is 0 Å². The molecule has 1 amide bonds. The van der Waals surface area contributed by atoms with Crippen LogP contribution in [0.1, 0.15) is 0 Å². The van der Waals surface area contributed by atoms with Gasteiger partial charge in [0.1, 0.15) is 11.6 Å². The average Bonchev–Trinajstić information content (AvgIpc) is 2.46. The molecule has 2 rings (SSSR count). The van der Waals surface area contributed by atoms with E-state index in [-0.39, 0.29) is 12.5 Å². The lowest BCUT2D eigenvalue weighted by atomic mass is 10.3. The largest absolute Gasteiger partial charge is 0.482 e. The lowest BCUT2D eigenvalue weighted by Gasteiger charge is -2.16. The van der Waals surface area contributed by atoms with E-state index in [1.54, 1.807) is 43.6 Å². The summed E-state index contributed by atoms with van der Waals surface area (Å²) in [7, 11) is 1.66. The highest BCUT2D eigenvalue weighted by Gasteiger charge is 2.12. The summed E-state index contributed by atoms with van der Waals surface area (Å²) in [6, 6.07) is 12.4. The van der Waals surface area contributed by atoms with Gasteiger partial charge in [-0.3, -0.25) is 9.69 Å². The maximum Gasteiger partial charge on any atom is 0.265 e. The van der Waals surface area contributed by atoms with Crippen LogP contribution in [-0.4, -0.2) is 24.5 Å². The highest BCUT2D eigenvalue weighted by atomic mass is 16.5. The van der Waals surface area contributed by atoms with Crippen molar-refractivity contribution in [3.8, 4) is 5.75 Å². The molecule has 2 N–H and O–H groups in total. The molecule has 98 valence electrons. The fourth-order valence-electron chi connectivity index (χ4n) is 1.53. The van der Waals surface area contributed by atoms with Gasteiger partial charge in [-0.05, 0) is 24.3 Å². The zero-order valence-electron chi connectivity index (χ0n) is 10.6. The molecule has 5 heteroatoms. The number of benzene rings is 1. The SMILES string of the molecule is CN(C(=O)COc1ccccc1N)c1ccccn1. The van der Waals surface area contributed by atoms with E-state index in [0.717, 1.165) is 0 Å². The van der Waals surface area contributed by atoms with Crippen molar-refractivity contribution in [3.63, 3.8) is 0 Å². The molecule has 0 radical (unpaired) electrons. The Kier molecular flexibility index (Phi) is 3.97. The Bertz CT molecular complexity index is 558. The molecule has 0 aliphatic heterocycles. The molecular weight excluding hydrogens is 242 g/mol. The maximum atomic E-state index is 11.9. The molecule has 0 saturated carbocycles. The van der Waals surface area contributed by atoms with Gasteiger partial charge >= 0.3 is 0 Å². The number of anilines is 2. The van der Waals surface area contributed by atoms with Crippen LogP contribution in [0.5, 0.6) is 5.75 Å². The van der Waals surface area contributed by atoms with Gasteiger partial charge in [0.25, 0.3) is 5.91 Å². The van der Waals surface area contributed by atoms with Gasteiger partial charge in [0.2, 0.25) is 0 Å². The van der Waals surface area contributed by atoms with Crippen LogP contribution in [-0.2, 0) is 4.79 Å². The van der Waals surface area contributed by atoms with Crippen LogP contribution in [0.15, 0.2) is 48.7 Å². The number of nitrogen functional groups attached to an aromatic ring is 1. The molecule has 19 heavy (non-hydrogen) atoms. The minimum Gasteiger partial charge on any atom is -0.482 e. The Balaban J connectivity index is 1.97. The second kappa shape index (κ2) is 5.86. The number of carbonyl (C=O) groups excluding carboxylic acids is 1. The van der Waals surface area contributed by atoms with E-state index in [4.69, 9.17) is 10.5 Å². The molecule has 0 atom stereocenters. The summed E-state index contributed by atoms with van der Waals surface area (Å²) in [5, 5.41) is 0. The summed E-state index contributed by atoms with van der Waals surface area (Å²) < 4.78 is 5.40. The van der Waals surface area contributed by atoms with Crippen molar-refractivity contribution in [2.45, 2.75) is 0 Å². The molecular formula is C14H15N3O2. The third kappa shape index (κ3) is 3.22. The number of nitrogens with two attached hydrogens (primary N) is 1. The Labute approximate surface area is 111 Å². The molecule has 1 aromatic heterocycles. The van der Waals surface area contributed by atoms with Crippen molar-refractivity contribution in [1.29, 1.82) is 0 Å². The fourth-order valence-corrected chi connectivity index (χ4v) is 1.53. The summed E-state index contributed by atoms with van der Waals surface area (Å²) in [5.41, 5.74) is 6.24. The van der Waals surface area contributed by atoms with Crippen molar-refractivity contribution in [2.24, 2.45) is 0 Å². The van der Waals surface area contributed by atoms with Crippen molar-refractivity contribution < 1.29 is 9.53 Å². The molecule has 0 bridgehead atoms. The number of nitrogens with zero attached hydrogens (tertiary/aromatic N) is 2. The van der Waals surface area contributed by atoms with Gasteiger partial charge in [-0.15, -0.1) is 0 Å². The highest BCUT2D eigenvalue weighted by molar-refractivity contribution is 5.93. The fraction of sp³-hybridized carbons (Fsp3) is 0.143. The lowest BCUT2D eigenvalue weighted by Crippen LogP contribution is -2.31. The summed E-state index contributed by atoms with van der Waals surface area (Å²) in [4.78, 5) is 17.5. The molecule has 0 fully saturated rings. The summed E-state index contributed by atoms with van der Waals surface area (Å²) in [6.07, 6.45) is 1.63. The number of hydrogen-bond donors (Lipinski definition) is 1. The van der Waals surface area contributed by atoms with Crippen LogP contribution >= 0.6 is 0 Å². The van der Waals surface area contributed by atoms with E-state index in [1.165, 1.54) is 4.90 Å². The zero-order valence-corrected chi connectivity index (χ0v) is 10.6. The zero-order chi connectivity index (χ0) is 13.7. The number of rotatable bonds is 4. The molecule has 1 heterocycles. The number of aromatic nitrogens is 1. The standard InChI is InChI=1S/C14H15N3O2/c1-17(13-8-4-5-9-16-13)14(18)10-19-12-7-3-2-6-11(12)15/h2-9H,10,15H2,1H3. The van der Waals surface area contributed by atoms with Gasteiger partial charge in [0.05, 0.1) is 5.69 Å². The van der Waals surface area contributed by atoms with E-state index in [1.807, 2.05) is 12.1 Å². The van der Waals surface area contributed by atoms with Gasteiger partial charge in [0.15, 0.2) is 6.61 Å². The molecule has 1 aromatic carbocycles. The Morgan fingerprint density at radius 2 is 2.00 bits per heavy atom. The topological polar surface area (TPSA) is 68.5 Å². The Morgan fingerprint density at radius 1 is 1.26 bits per heavy atom. The average molecular weight is 257 g/mol. The second-order valence-corrected chi connectivity index (χ2v) is 3.97. The van der Waals surface area contributed by atoms with Crippen LogP contribution in [0.2, 0.25) is 0 Å². The number of ether oxygens (including phenoxy) is 1. The van der Waals surface area contributed by atoms with Gasteiger partial charge in [-0.25, -0.2) is 4.98 Å². The Morgan fingerprint density at radius 3 is 2.68 bits per heavy atom. The lowest BCUT2D eigenvalue weighted by molar-refractivity contribution is -0.120. The first-order chi connectivity index (χ1) is 9.18. The third-order valence-corrected chi connectivity index (χ3v) is 2.64. The van der Waals surface area contributed by atoms with Crippen LogP contribution in [0, 0.1) is 0 Å². The third-order valence-electron chi connectivity index (χ3n) is 2.64. The van der Waals surface area contributed by atoms with Crippen molar-refractivity contribution in [3.05, 3.63) is 48.7 Å². The summed E-state index contributed by atoms with van der Waals surface area (Å²) in [6.45, 7) is -0.0821. The van der Waals surface area contributed by atoms with Crippen molar-refractivity contribution in [1.82, 2.24) is 4.98 Å².